The number of carbonyl (C=O) groups excluding carboxylic acids is 1. The van der Waals surface area contributed by atoms with Gasteiger partial charge in [-0.15, -0.1) is 0 Å². The molecule has 1 unspecified atom stereocenters. The van der Waals surface area contributed by atoms with Crippen molar-refractivity contribution in [2.45, 2.75) is 32.4 Å². The van der Waals surface area contributed by atoms with Crippen LogP contribution in [0.5, 0.6) is 0 Å². The SMILES string of the molecule is CCC1COCCN1CCC(=O)Nc1ccccc1CN. The number of benzene rings is 1. The molecule has 0 bridgehead atoms. The van der Waals surface area contributed by atoms with Gasteiger partial charge in [0.15, 0.2) is 0 Å². The number of nitrogens with zero attached hydrogens (tertiary/aromatic N) is 1. The van der Waals surface area contributed by atoms with Crippen LogP contribution in [0.2, 0.25) is 0 Å². The quantitative estimate of drug-likeness (QED) is 0.835. The minimum absolute atomic E-state index is 0.0391. The maximum absolute atomic E-state index is 12.1. The summed E-state index contributed by atoms with van der Waals surface area (Å²) in [5, 5.41) is 2.96. The minimum atomic E-state index is 0.0391. The van der Waals surface area contributed by atoms with Gasteiger partial charge >= 0.3 is 0 Å². The van der Waals surface area contributed by atoms with Crippen molar-refractivity contribution in [2.24, 2.45) is 5.73 Å². The lowest BCUT2D eigenvalue weighted by Crippen LogP contribution is -2.46. The van der Waals surface area contributed by atoms with Gasteiger partial charge in [-0.05, 0) is 18.1 Å². The molecule has 0 aromatic heterocycles. The molecule has 1 amide bonds. The summed E-state index contributed by atoms with van der Waals surface area (Å²) >= 11 is 0. The molecule has 1 aromatic rings. The van der Waals surface area contributed by atoms with Gasteiger partial charge in [-0.1, -0.05) is 25.1 Å². The smallest absolute Gasteiger partial charge is 0.225 e. The topological polar surface area (TPSA) is 67.6 Å². The molecule has 1 aliphatic rings. The van der Waals surface area contributed by atoms with Gasteiger partial charge in [0.1, 0.15) is 0 Å². The summed E-state index contributed by atoms with van der Waals surface area (Å²) in [5.74, 6) is 0.0391. The Bertz CT molecular complexity index is 465. The van der Waals surface area contributed by atoms with E-state index in [1.165, 1.54) is 0 Å². The molecular formula is C16H25N3O2. The number of anilines is 1. The van der Waals surface area contributed by atoms with E-state index in [9.17, 15) is 4.79 Å². The number of amides is 1. The summed E-state index contributed by atoms with van der Waals surface area (Å²) in [5.41, 5.74) is 7.46. The van der Waals surface area contributed by atoms with Crippen LogP contribution in [-0.4, -0.2) is 43.2 Å². The number of hydrogen-bond acceptors (Lipinski definition) is 4. The number of hydrogen-bond donors (Lipinski definition) is 2. The molecule has 0 spiro atoms. The summed E-state index contributed by atoms with van der Waals surface area (Å²) in [7, 11) is 0. The van der Waals surface area contributed by atoms with Crippen LogP contribution in [0.4, 0.5) is 5.69 Å². The van der Waals surface area contributed by atoms with Gasteiger partial charge in [-0.2, -0.15) is 0 Å². The van der Waals surface area contributed by atoms with Crippen molar-refractivity contribution in [1.82, 2.24) is 4.90 Å². The minimum Gasteiger partial charge on any atom is -0.378 e. The van der Waals surface area contributed by atoms with Crippen molar-refractivity contribution in [2.75, 3.05) is 31.6 Å². The molecule has 5 nitrogen and oxygen atoms in total. The van der Waals surface area contributed by atoms with E-state index in [2.05, 4.69) is 17.1 Å². The number of carbonyl (C=O) groups is 1. The van der Waals surface area contributed by atoms with E-state index in [1.54, 1.807) is 0 Å². The first kappa shape index (κ1) is 15.9. The molecule has 1 atom stereocenters. The zero-order chi connectivity index (χ0) is 15.1. The molecule has 0 radical (unpaired) electrons. The number of ether oxygens (including phenoxy) is 1. The second-order valence-electron chi connectivity index (χ2n) is 5.33. The van der Waals surface area contributed by atoms with Gasteiger partial charge < -0.3 is 15.8 Å². The van der Waals surface area contributed by atoms with Crippen molar-refractivity contribution in [3.8, 4) is 0 Å². The van der Waals surface area contributed by atoms with Crippen molar-refractivity contribution in [3.05, 3.63) is 29.8 Å². The highest BCUT2D eigenvalue weighted by atomic mass is 16.5. The summed E-state index contributed by atoms with van der Waals surface area (Å²) in [4.78, 5) is 14.5. The second kappa shape index (κ2) is 8.12. The van der Waals surface area contributed by atoms with E-state index in [1.807, 2.05) is 24.3 Å². The summed E-state index contributed by atoms with van der Waals surface area (Å²) in [6.45, 7) is 5.80. The Morgan fingerprint density at radius 1 is 1.48 bits per heavy atom. The Morgan fingerprint density at radius 3 is 3.05 bits per heavy atom. The summed E-state index contributed by atoms with van der Waals surface area (Å²) in [6, 6.07) is 8.10. The lowest BCUT2D eigenvalue weighted by Gasteiger charge is -2.34. The first-order valence-corrected chi connectivity index (χ1v) is 7.64. The fourth-order valence-corrected chi connectivity index (χ4v) is 2.64. The van der Waals surface area contributed by atoms with E-state index >= 15 is 0 Å². The Kier molecular flexibility index (Phi) is 6.17. The summed E-state index contributed by atoms with van der Waals surface area (Å²) in [6.07, 6.45) is 1.55. The number of morpholine rings is 1. The Balaban J connectivity index is 1.84. The molecule has 1 saturated heterocycles. The average molecular weight is 291 g/mol. The third kappa shape index (κ3) is 4.52. The normalized spacial score (nSPS) is 19.4. The van der Waals surface area contributed by atoms with Crippen LogP contribution in [0.1, 0.15) is 25.3 Å². The first-order chi connectivity index (χ1) is 10.2. The molecule has 1 fully saturated rings. The van der Waals surface area contributed by atoms with E-state index in [0.29, 0.717) is 19.0 Å². The van der Waals surface area contributed by atoms with E-state index in [-0.39, 0.29) is 5.91 Å². The number of nitrogens with two attached hydrogens (primary N) is 1. The highest BCUT2D eigenvalue weighted by Gasteiger charge is 2.21. The standard InChI is InChI=1S/C16H25N3O2/c1-2-14-12-21-10-9-19(14)8-7-16(20)18-15-6-4-3-5-13(15)11-17/h3-6,14H,2,7-12,17H2,1H3,(H,18,20). The monoisotopic (exact) mass is 291 g/mol. The summed E-state index contributed by atoms with van der Waals surface area (Å²) < 4.78 is 5.48. The maximum atomic E-state index is 12.1. The zero-order valence-electron chi connectivity index (χ0n) is 12.7. The van der Waals surface area contributed by atoms with Crippen molar-refractivity contribution < 1.29 is 9.53 Å². The molecule has 1 aliphatic heterocycles. The lowest BCUT2D eigenvalue weighted by molar-refractivity contribution is -0.117. The van der Waals surface area contributed by atoms with Gasteiger partial charge in [0.05, 0.1) is 13.2 Å². The van der Waals surface area contributed by atoms with Crippen LogP contribution >= 0.6 is 0 Å². The Morgan fingerprint density at radius 2 is 2.29 bits per heavy atom. The highest BCUT2D eigenvalue weighted by molar-refractivity contribution is 5.91. The fraction of sp³-hybridized carbons (Fsp3) is 0.562. The van der Waals surface area contributed by atoms with Crippen LogP contribution in [0.3, 0.4) is 0 Å². The predicted molar refractivity (Wildman–Crippen MR) is 84.1 cm³/mol. The molecule has 1 aromatic carbocycles. The van der Waals surface area contributed by atoms with E-state index in [0.717, 1.165) is 44.0 Å². The third-order valence-corrected chi connectivity index (χ3v) is 3.96. The number of rotatable bonds is 6. The lowest BCUT2D eigenvalue weighted by atomic mass is 10.1. The molecule has 1 heterocycles. The van der Waals surface area contributed by atoms with Crippen LogP contribution in [-0.2, 0) is 16.1 Å². The van der Waals surface area contributed by atoms with Crippen LogP contribution in [0.15, 0.2) is 24.3 Å². The third-order valence-electron chi connectivity index (χ3n) is 3.96. The molecule has 5 heteroatoms. The number of nitrogens with one attached hydrogen (secondary N) is 1. The zero-order valence-corrected chi connectivity index (χ0v) is 12.7. The average Bonchev–Trinajstić information content (AvgIpc) is 2.53. The van der Waals surface area contributed by atoms with E-state index < -0.39 is 0 Å². The van der Waals surface area contributed by atoms with Crippen molar-refractivity contribution in [3.63, 3.8) is 0 Å². The number of para-hydroxylation sites is 1. The van der Waals surface area contributed by atoms with Gasteiger partial charge in [-0.25, -0.2) is 0 Å². The van der Waals surface area contributed by atoms with E-state index in [4.69, 9.17) is 10.5 Å². The second-order valence-corrected chi connectivity index (χ2v) is 5.33. The highest BCUT2D eigenvalue weighted by Crippen LogP contribution is 2.15. The molecule has 3 N–H and O–H groups in total. The van der Waals surface area contributed by atoms with Gasteiger partial charge in [-0.3, -0.25) is 9.69 Å². The largest absolute Gasteiger partial charge is 0.378 e. The fourth-order valence-electron chi connectivity index (χ4n) is 2.64. The van der Waals surface area contributed by atoms with Crippen molar-refractivity contribution in [1.29, 1.82) is 0 Å². The molecular weight excluding hydrogens is 266 g/mol. The molecule has 21 heavy (non-hydrogen) atoms. The predicted octanol–water partition coefficient (Wildman–Crippen LogP) is 1.58. The van der Waals surface area contributed by atoms with Gasteiger partial charge in [0.2, 0.25) is 5.91 Å². The van der Waals surface area contributed by atoms with Crippen molar-refractivity contribution >= 4 is 11.6 Å². The van der Waals surface area contributed by atoms with Crippen LogP contribution < -0.4 is 11.1 Å². The van der Waals surface area contributed by atoms with Crippen LogP contribution in [0, 0.1) is 0 Å². The maximum Gasteiger partial charge on any atom is 0.225 e. The van der Waals surface area contributed by atoms with Crippen LogP contribution in [0.25, 0.3) is 0 Å². The Hall–Kier alpha value is -1.43. The van der Waals surface area contributed by atoms with Gasteiger partial charge in [0.25, 0.3) is 0 Å². The first-order valence-electron chi connectivity index (χ1n) is 7.64. The molecule has 0 aliphatic carbocycles. The molecule has 0 saturated carbocycles. The Labute approximate surface area is 126 Å². The molecule has 116 valence electrons. The molecule has 2 rings (SSSR count). The van der Waals surface area contributed by atoms with Gasteiger partial charge in [0, 0.05) is 37.8 Å².